The lowest BCUT2D eigenvalue weighted by Gasteiger charge is -2.15. The minimum atomic E-state index is 1.18. The topological polar surface area (TPSA) is 4.93 Å². The molecular weight excluding hydrogens is 518 g/mol. The highest BCUT2D eigenvalue weighted by atomic mass is 15.0. The lowest BCUT2D eigenvalue weighted by Crippen LogP contribution is -1.95. The number of aromatic nitrogens is 1. The molecule has 1 aliphatic rings. The zero-order valence-corrected chi connectivity index (χ0v) is 23.4. The first-order valence-corrected chi connectivity index (χ1v) is 15.0. The van der Waals surface area contributed by atoms with E-state index in [1.807, 2.05) is 0 Å². The van der Waals surface area contributed by atoms with Crippen molar-refractivity contribution in [3.05, 3.63) is 152 Å². The van der Waals surface area contributed by atoms with Crippen LogP contribution in [0.25, 0.3) is 93.2 Å². The molecule has 0 bridgehead atoms. The molecule has 0 saturated carbocycles. The highest BCUT2D eigenvalue weighted by Crippen LogP contribution is 2.49. The third kappa shape index (κ3) is 3.06. The highest BCUT2D eigenvalue weighted by Gasteiger charge is 2.24. The SMILES string of the molecule is c1ccc(-c2ccccc2-c2cccc(-n3c4ccc5cccc6c5c4c4c5c(ccc7cccc-6c75)ccc43)c2)cc1. The van der Waals surface area contributed by atoms with Crippen molar-refractivity contribution in [2.45, 2.75) is 0 Å². The second-order valence-electron chi connectivity index (χ2n) is 11.7. The van der Waals surface area contributed by atoms with Crippen molar-refractivity contribution in [3.63, 3.8) is 0 Å². The van der Waals surface area contributed by atoms with Gasteiger partial charge in [0.1, 0.15) is 0 Å². The number of hydrogen-bond donors (Lipinski definition) is 0. The molecule has 1 heterocycles. The van der Waals surface area contributed by atoms with Crippen molar-refractivity contribution in [2.75, 3.05) is 0 Å². The molecule has 0 fully saturated rings. The monoisotopic (exact) mass is 543 g/mol. The molecule has 1 nitrogen and oxygen atoms in total. The summed E-state index contributed by atoms with van der Waals surface area (Å²) in [5.41, 5.74) is 11.3. The average Bonchev–Trinajstić information content (AvgIpc) is 3.36. The molecule has 0 radical (unpaired) electrons. The number of nitrogens with zero attached hydrogens (tertiary/aromatic N) is 1. The Labute approximate surface area is 248 Å². The first kappa shape index (κ1) is 23.0. The second kappa shape index (κ2) is 8.44. The van der Waals surface area contributed by atoms with Gasteiger partial charge in [-0.1, -0.05) is 127 Å². The summed E-state index contributed by atoms with van der Waals surface area (Å²) in [5.74, 6) is 0. The predicted molar refractivity (Wildman–Crippen MR) is 183 cm³/mol. The third-order valence-corrected chi connectivity index (χ3v) is 9.48. The molecule has 0 N–H and O–H groups in total. The van der Waals surface area contributed by atoms with Gasteiger partial charge in [-0.25, -0.2) is 0 Å². The fourth-order valence-electron chi connectivity index (χ4n) is 7.70. The lowest BCUT2D eigenvalue weighted by molar-refractivity contribution is 1.18. The van der Waals surface area contributed by atoms with Gasteiger partial charge in [0.05, 0.1) is 11.0 Å². The molecule has 0 unspecified atom stereocenters. The van der Waals surface area contributed by atoms with E-state index in [1.165, 1.54) is 93.2 Å². The van der Waals surface area contributed by atoms with E-state index in [9.17, 15) is 0 Å². The molecule has 1 aromatic heterocycles. The van der Waals surface area contributed by atoms with Crippen LogP contribution in [0.2, 0.25) is 0 Å². The van der Waals surface area contributed by atoms with E-state index in [0.717, 1.165) is 0 Å². The number of hydrogen-bond acceptors (Lipinski definition) is 0. The van der Waals surface area contributed by atoms with Gasteiger partial charge in [0.15, 0.2) is 0 Å². The van der Waals surface area contributed by atoms with E-state index in [2.05, 4.69) is 156 Å². The van der Waals surface area contributed by atoms with Crippen LogP contribution in [0.3, 0.4) is 0 Å². The Morgan fingerprint density at radius 3 is 1.49 bits per heavy atom. The summed E-state index contributed by atoms with van der Waals surface area (Å²) in [6.45, 7) is 0. The van der Waals surface area contributed by atoms with Gasteiger partial charge in [0.2, 0.25) is 0 Å². The lowest BCUT2D eigenvalue weighted by atomic mass is 9.93. The van der Waals surface area contributed by atoms with E-state index in [-0.39, 0.29) is 0 Å². The summed E-state index contributed by atoms with van der Waals surface area (Å²) in [6, 6.07) is 55.9. The van der Waals surface area contributed by atoms with Crippen LogP contribution in [0.4, 0.5) is 0 Å². The van der Waals surface area contributed by atoms with E-state index in [1.54, 1.807) is 0 Å². The second-order valence-corrected chi connectivity index (χ2v) is 11.7. The molecule has 9 aromatic rings. The molecule has 198 valence electrons. The molecule has 0 atom stereocenters. The van der Waals surface area contributed by atoms with E-state index >= 15 is 0 Å². The molecular formula is C42H25N. The van der Waals surface area contributed by atoms with Gasteiger partial charge < -0.3 is 4.57 Å². The van der Waals surface area contributed by atoms with Gasteiger partial charge >= 0.3 is 0 Å². The molecule has 0 amide bonds. The number of benzene rings is 8. The number of fused-ring (bicyclic) bond motifs is 1. The molecule has 0 spiro atoms. The van der Waals surface area contributed by atoms with Crippen molar-refractivity contribution >= 4 is 54.1 Å². The average molecular weight is 544 g/mol. The summed E-state index contributed by atoms with van der Waals surface area (Å²) in [6.07, 6.45) is 0. The van der Waals surface area contributed by atoms with Crippen LogP contribution in [-0.4, -0.2) is 4.57 Å². The maximum absolute atomic E-state index is 2.49. The molecule has 1 heteroatoms. The Kier molecular flexibility index (Phi) is 4.51. The third-order valence-electron chi connectivity index (χ3n) is 9.48. The van der Waals surface area contributed by atoms with Crippen LogP contribution in [-0.2, 0) is 0 Å². The zero-order chi connectivity index (χ0) is 28.1. The van der Waals surface area contributed by atoms with Crippen molar-refractivity contribution < 1.29 is 0 Å². The Morgan fingerprint density at radius 1 is 0.302 bits per heavy atom. The maximum Gasteiger partial charge on any atom is 0.0548 e. The van der Waals surface area contributed by atoms with E-state index < -0.39 is 0 Å². The Morgan fingerprint density at radius 2 is 0.791 bits per heavy atom. The molecule has 8 aromatic carbocycles. The van der Waals surface area contributed by atoms with E-state index in [4.69, 9.17) is 0 Å². The maximum atomic E-state index is 2.49. The first-order valence-electron chi connectivity index (χ1n) is 15.0. The summed E-state index contributed by atoms with van der Waals surface area (Å²) in [7, 11) is 0. The fourth-order valence-corrected chi connectivity index (χ4v) is 7.70. The van der Waals surface area contributed by atoms with Gasteiger partial charge in [-0.3, -0.25) is 0 Å². The van der Waals surface area contributed by atoms with Crippen LogP contribution in [0.1, 0.15) is 0 Å². The summed E-state index contributed by atoms with van der Waals surface area (Å²) in [5, 5.41) is 10.7. The minimum Gasteiger partial charge on any atom is -0.309 e. The smallest absolute Gasteiger partial charge is 0.0548 e. The van der Waals surface area contributed by atoms with E-state index in [0.29, 0.717) is 0 Å². The van der Waals surface area contributed by atoms with Crippen LogP contribution in [0.15, 0.2) is 152 Å². The predicted octanol–water partition coefficient (Wildman–Crippen LogP) is 11.6. The Bertz CT molecular complexity index is 2600. The fraction of sp³-hybridized carbons (Fsp3) is 0. The van der Waals surface area contributed by atoms with Crippen LogP contribution in [0.5, 0.6) is 0 Å². The first-order chi connectivity index (χ1) is 21.3. The Hall–Kier alpha value is -5.66. The van der Waals surface area contributed by atoms with Crippen LogP contribution < -0.4 is 0 Å². The number of rotatable bonds is 3. The van der Waals surface area contributed by atoms with Gasteiger partial charge in [-0.15, -0.1) is 0 Å². The van der Waals surface area contributed by atoms with Crippen molar-refractivity contribution in [2.24, 2.45) is 0 Å². The van der Waals surface area contributed by atoms with Gasteiger partial charge in [0.25, 0.3) is 0 Å². The van der Waals surface area contributed by atoms with Crippen LogP contribution >= 0.6 is 0 Å². The Balaban J connectivity index is 1.34. The molecule has 0 aliphatic heterocycles. The van der Waals surface area contributed by atoms with Gasteiger partial charge in [0, 0.05) is 21.8 Å². The van der Waals surface area contributed by atoms with Crippen molar-refractivity contribution in [3.8, 4) is 39.1 Å². The quantitative estimate of drug-likeness (QED) is 0.195. The van der Waals surface area contributed by atoms with Gasteiger partial charge in [-0.05, 0) is 84.6 Å². The zero-order valence-electron chi connectivity index (χ0n) is 23.4. The van der Waals surface area contributed by atoms with Crippen molar-refractivity contribution in [1.82, 2.24) is 4.57 Å². The van der Waals surface area contributed by atoms with Crippen molar-refractivity contribution in [1.29, 1.82) is 0 Å². The summed E-state index contributed by atoms with van der Waals surface area (Å²) in [4.78, 5) is 0. The highest BCUT2D eigenvalue weighted by molar-refractivity contribution is 6.38. The standard InChI is InChI=1S/C42H25N/c1-2-9-26(10-3-1)32-15-4-5-16-33(32)30-13-6-14-31(25-30)43-36-23-21-28-12-8-18-35-34-17-7-11-27-19-20-29-22-24-37(43)42(40(29)38(27)34)41(36)39(28)35/h1-25H. The minimum absolute atomic E-state index is 1.18. The molecule has 43 heavy (non-hydrogen) atoms. The normalized spacial score (nSPS) is 12.2. The molecule has 0 saturated heterocycles. The largest absolute Gasteiger partial charge is 0.309 e. The summed E-state index contributed by atoms with van der Waals surface area (Å²) >= 11 is 0. The summed E-state index contributed by atoms with van der Waals surface area (Å²) < 4.78 is 2.49. The van der Waals surface area contributed by atoms with Gasteiger partial charge in [-0.2, -0.15) is 0 Å². The van der Waals surface area contributed by atoms with Crippen LogP contribution in [0, 0.1) is 0 Å². The molecule has 10 rings (SSSR count). The molecule has 1 aliphatic carbocycles.